The Kier molecular flexibility index (Phi) is 6.96. The summed E-state index contributed by atoms with van der Waals surface area (Å²) in [5.74, 6) is 1.70. The van der Waals surface area contributed by atoms with Crippen molar-refractivity contribution in [1.29, 1.82) is 0 Å². The average Bonchev–Trinajstić information content (AvgIpc) is 3.25. The van der Waals surface area contributed by atoms with E-state index < -0.39 is 5.97 Å². The molecule has 5 aromatic rings. The summed E-state index contributed by atoms with van der Waals surface area (Å²) < 4.78 is 13.7. The van der Waals surface area contributed by atoms with Crippen molar-refractivity contribution in [1.82, 2.24) is 19.5 Å². The Morgan fingerprint density at radius 1 is 1.00 bits per heavy atom. The van der Waals surface area contributed by atoms with E-state index in [-0.39, 0.29) is 11.7 Å². The highest BCUT2D eigenvalue weighted by molar-refractivity contribution is 6.30. The van der Waals surface area contributed by atoms with Crippen molar-refractivity contribution in [3.05, 3.63) is 112 Å². The van der Waals surface area contributed by atoms with Crippen LogP contribution in [0.2, 0.25) is 5.02 Å². The number of ether oxygens (including phenoxy) is 2. The summed E-state index contributed by atoms with van der Waals surface area (Å²) in [7, 11) is 0. The zero-order valence-corrected chi connectivity index (χ0v) is 21.7. The number of carboxylic acid groups (broad SMARTS) is 1. The SMILES string of the molecule is O=C(O)c1ccc2nc(Cc3ccc(Oc4ccnc(Cc5ccc(Cl)cc5)n4)cc3)n(CC3CCO3)c2c1. The number of carboxylic acids is 1. The molecule has 1 aliphatic rings. The van der Waals surface area contributed by atoms with Crippen LogP contribution >= 0.6 is 11.6 Å². The van der Waals surface area contributed by atoms with Gasteiger partial charge >= 0.3 is 5.97 Å². The number of hydrogen-bond donors (Lipinski definition) is 1. The summed E-state index contributed by atoms with van der Waals surface area (Å²) in [5, 5.41) is 10.2. The second-order valence-electron chi connectivity index (χ2n) is 9.47. The first-order valence-corrected chi connectivity index (χ1v) is 13.1. The molecule has 39 heavy (non-hydrogen) atoms. The molecule has 1 saturated heterocycles. The second-order valence-corrected chi connectivity index (χ2v) is 9.90. The van der Waals surface area contributed by atoms with Gasteiger partial charge in [-0.15, -0.1) is 0 Å². The topological polar surface area (TPSA) is 99.4 Å². The van der Waals surface area contributed by atoms with Crippen LogP contribution in [0.4, 0.5) is 0 Å². The van der Waals surface area contributed by atoms with Gasteiger partial charge in [-0.3, -0.25) is 0 Å². The molecule has 1 atom stereocenters. The van der Waals surface area contributed by atoms with Crippen LogP contribution in [0.25, 0.3) is 11.0 Å². The summed E-state index contributed by atoms with van der Waals surface area (Å²) in [5.41, 5.74) is 3.94. The number of fused-ring (bicyclic) bond motifs is 1. The largest absolute Gasteiger partial charge is 0.478 e. The van der Waals surface area contributed by atoms with Gasteiger partial charge in [0.25, 0.3) is 0 Å². The Balaban J connectivity index is 1.18. The van der Waals surface area contributed by atoms with Gasteiger partial charge in [0.2, 0.25) is 5.88 Å². The number of carbonyl (C=O) groups is 1. The first kappa shape index (κ1) is 25.0. The first-order valence-electron chi connectivity index (χ1n) is 12.7. The highest BCUT2D eigenvalue weighted by Crippen LogP contribution is 2.25. The number of rotatable bonds is 9. The normalized spacial score (nSPS) is 14.7. The Bertz CT molecular complexity index is 1630. The minimum absolute atomic E-state index is 0.114. The van der Waals surface area contributed by atoms with Crippen molar-refractivity contribution in [2.75, 3.05) is 6.61 Å². The van der Waals surface area contributed by atoms with Crippen LogP contribution in [0.1, 0.15) is 39.6 Å². The fraction of sp³-hybridized carbons (Fsp3) is 0.200. The van der Waals surface area contributed by atoms with E-state index in [1.165, 1.54) is 0 Å². The van der Waals surface area contributed by atoms with E-state index in [2.05, 4.69) is 14.5 Å². The maximum Gasteiger partial charge on any atom is 0.335 e. The van der Waals surface area contributed by atoms with Crippen LogP contribution in [-0.4, -0.2) is 43.3 Å². The van der Waals surface area contributed by atoms with E-state index in [0.29, 0.717) is 41.9 Å². The fourth-order valence-corrected chi connectivity index (χ4v) is 4.69. The van der Waals surface area contributed by atoms with Gasteiger partial charge in [0, 0.05) is 36.7 Å². The molecular formula is C30H25ClN4O4. The third kappa shape index (κ3) is 5.77. The summed E-state index contributed by atoms with van der Waals surface area (Å²) in [4.78, 5) is 25.3. The molecule has 0 saturated carbocycles. The zero-order chi connectivity index (χ0) is 26.8. The van der Waals surface area contributed by atoms with Crippen LogP contribution in [0, 0.1) is 0 Å². The maximum absolute atomic E-state index is 11.5. The molecule has 0 radical (unpaired) electrons. The van der Waals surface area contributed by atoms with E-state index in [1.807, 2.05) is 48.5 Å². The standard InChI is InChI=1S/C30H25ClN4O4/c31-22-6-1-19(2-7-22)15-27-32-13-11-29(34-27)39-23-8-3-20(4-9-23)16-28-33-25-10-5-21(30(36)37)17-26(25)35(28)18-24-12-14-38-24/h1-11,13,17,24H,12,14-16,18H2,(H,36,37). The molecule has 8 nitrogen and oxygen atoms in total. The van der Waals surface area contributed by atoms with Gasteiger partial charge in [-0.1, -0.05) is 35.9 Å². The quantitative estimate of drug-likeness (QED) is 0.247. The van der Waals surface area contributed by atoms with E-state index >= 15 is 0 Å². The highest BCUT2D eigenvalue weighted by atomic mass is 35.5. The van der Waals surface area contributed by atoms with Crippen LogP contribution in [0.3, 0.4) is 0 Å². The number of halogens is 1. The third-order valence-electron chi connectivity index (χ3n) is 6.72. The van der Waals surface area contributed by atoms with Gasteiger partial charge in [-0.2, -0.15) is 4.98 Å². The minimum Gasteiger partial charge on any atom is -0.478 e. The zero-order valence-electron chi connectivity index (χ0n) is 21.0. The monoisotopic (exact) mass is 540 g/mol. The lowest BCUT2D eigenvalue weighted by atomic mass is 10.1. The molecule has 9 heteroatoms. The average molecular weight is 541 g/mol. The van der Waals surface area contributed by atoms with Crippen molar-refractivity contribution < 1.29 is 19.4 Å². The number of benzene rings is 3. The molecule has 2 aromatic heterocycles. The molecule has 0 spiro atoms. The molecular weight excluding hydrogens is 516 g/mol. The molecule has 3 aromatic carbocycles. The van der Waals surface area contributed by atoms with E-state index in [4.69, 9.17) is 26.1 Å². The molecule has 3 heterocycles. The van der Waals surface area contributed by atoms with Crippen LogP contribution in [-0.2, 0) is 24.1 Å². The summed E-state index contributed by atoms with van der Waals surface area (Å²) in [6, 6.07) is 22.2. The van der Waals surface area contributed by atoms with Crippen LogP contribution in [0.15, 0.2) is 79.0 Å². The highest BCUT2D eigenvalue weighted by Gasteiger charge is 2.22. The van der Waals surface area contributed by atoms with Gasteiger partial charge < -0.3 is 19.1 Å². The molecule has 1 unspecified atom stereocenters. The van der Waals surface area contributed by atoms with Crippen molar-refractivity contribution >= 4 is 28.6 Å². The Labute approximate surface area is 229 Å². The summed E-state index contributed by atoms with van der Waals surface area (Å²) in [6.07, 6.45) is 3.95. The molecule has 0 amide bonds. The predicted octanol–water partition coefficient (Wildman–Crippen LogP) is 5.94. The third-order valence-corrected chi connectivity index (χ3v) is 6.97. The lowest BCUT2D eigenvalue weighted by Crippen LogP contribution is -2.31. The molecule has 196 valence electrons. The summed E-state index contributed by atoms with van der Waals surface area (Å²) in [6.45, 7) is 1.39. The van der Waals surface area contributed by atoms with Gasteiger partial charge in [0.1, 0.15) is 17.4 Å². The van der Waals surface area contributed by atoms with E-state index in [9.17, 15) is 9.90 Å². The summed E-state index contributed by atoms with van der Waals surface area (Å²) >= 11 is 5.98. The Hall–Kier alpha value is -4.27. The Morgan fingerprint density at radius 3 is 2.46 bits per heavy atom. The molecule has 1 aliphatic heterocycles. The number of nitrogens with zero attached hydrogens (tertiary/aromatic N) is 4. The second kappa shape index (κ2) is 10.8. The van der Waals surface area contributed by atoms with Crippen molar-refractivity contribution in [3.63, 3.8) is 0 Å². The molecule has 1 fully saturated rings. The lowest BCUT2D eigenvalue weighted by Gasteiger charge is -2.27. The number of aromatic carboxylic acids is 1. The van der Waals surface area contributed by atoms with Crippen molar-refractivity contribution in [2.24, 2.45) is 0 Å². The van der Waals surface area contributed by atoms with Crippen molar-refractivity contribution in [3.8, 4) is 11.6 Å². The number of hydrogen-bond acceptors (Lipinski definition) is 6. The minimum atomic E-state index is -0.956. The molecule has 1 N–H and O–H groups in total. The predicted molar refractivity (Wildman–Crippen MR) is 147 cm³/mol. The first-order chi connectivity index (χ1) is 19.0. The number of aromatic nitrogens is 4. The van der Waals surface area contributed by atoms with E-state index in [0.717, 1.165) is 41.0 Å². The molecule has 6 rings (SSSR count). The van der Waals surface area contributed by atoms with Gasteiger partial charge in [-0.25, -0.2) is 14.8 Å². The van der Waals surface area contributed by atoms with Gasteiger partial charge in [0.05, 0.1) is 29.2 Å². The van der Waals surface area contributed by atoms with Crippen LogP contribution < -0.4 is 4.74 Å². The maximum atomic E-state index is 11.5. The molecule has 0 bridgehead atoms. The number of imidazole rings is 1. The van der Waals surface area contributed by atoms with Gasteiger partial charge in [-0.05, 0) is 60.0 Å². The smallest absolute Gasteiger partial charge is 0.335 e. The Morgan fingerprint density at radius 2 is 1.74 bits per heavy atom. The fourth-order valence-electron chi connectivity index (χ4n) is 4.56. The van der Waals surface area contributed by atoms with Gasteiger partial charge in [0.15, 0.2) is 0 Å². The lowest BCUT2D eigenvalue weighted by molar-refractivity contribution is -0.0589. The van der Waals surface area contributed by atoms with E-state index in [1.54, 1.807) is 30.5 Å². The van der Waals surface area contributed by atoms with Crippen LogP contribution in [0.5, 0.6) is 11.6 Å². The van der Waals surface area contributed by atoms with Crippen molar-refractivity contribution in [2.45, 2.75) is 31.9 Å². The molecule has 0 aliphatic carbocycles.